The zero-order chi connectivity index (χ0) is 13.8. The Balaban J connectivity index is 1.47. The van der Waals surface area contributed by atoms with Crippen LogP contribution >= 0.6 is 11.3 Å². The zero-order valence-electron chi connectivity index (χ0n) is 11.3. The zero-order valence-corrected chi connectivity index (χ0v) is 12.1. The molecule has 5 heteroatoms. The highest BCUT2D eigenvalue weighted by atomic mass is 32.1. The van der Waals surface area contributed by atoms with E-state index in [2.05, 4.69) is 16.4 Å². The number of aromatic nitrogens is 1. The Morgan fingerprint density at radius 2 is 2.35 bits per heavy atom. The van der Waals surface area contributed by atoms with Gasteiger partial charge in [-0.3, -0.25) is 4.79 Å². The summed E-state index contributed by atoms with van der Waals surface area (Å²) in [6.45, 7) is 1.36. The summed E-state index contributed by atoms with van der Waals surface area (Å²) >= 11 is 1.63. The van der Waals surface area contributed by atoms with E-state index in [1.165, 1.54) is 0 Å². The fourth-order valence-corrected chi connectivity index (χ4v) is 3.33. The van der Waals surface area contributed by atoms with Crippen molar-refractivity contribution in [2.75, 3.05) is 6.61 Å². The maximum Gasteiger partial charge on any atom is 0.220 e. The van der Waals surface area contributed by atoms with Gasteiger partial charge < -0.3 is 10.1 Å². The third-order valence-corrected chi connectivity index (χ3v) is 4.53. The molecule has 1 aliphatic rings. The summed E-state index contributed by atoms with van der Waals surface area (Å²) in [7, 11) is 0. The second-order valence-corrected chi connectivity index (χ2v) is 6.14. The molecule has 4 nitrogen and oxygen atoms in total. The Morgan fingerprint density at radius 3 is 3.15 bits per heavy atom. The Kier molecular flexibility index (Phi) is 4.28. The third-order valence-electron chi connectivity index (χ3n) is 3.49. The molecule has 1 atom stereocenters. The quantitative estimate of drug-likeness (QED) is 0.921. The van der Waals surface area contributed by atoms with Gasteiger partial charge >= 0.3 is 0 Å². The van der Waals surface area contributed by atoms with Gasteiger partial charge in [0.1, 0.15) is 5.01 Å². The van der Waals surface area contributed by atoms with Crippen molar-refractivity contribution < 1.29 is 9.53 Å². The minimum atomic E-state index is 0.0831. The molecule has 106 valence electrons. The van der Waals surface area contributed by atoms with E-state index >= 15 is 0 Å². The lowest BCUT2D eigenvalue weighted by Crippen LogP contribution is -2.23. The van der Waals surface area contributed by atoms with Crippen molar-refractivity contribution in [1.82, 2.24) is 10.3 Å². The Labute approximate surface area is 122 Å². The number of hydrogen-bond acceptors (Lipinski definition) is 4. The van der Waals surface area contributed by atoms with Crippen molar-refractivity contribution >= 4 is 27.5 Å². The number of carbonyl (C=O) groups excluding carboxylic acids is 1. The monoisotopic (exact) mass is 290 g/mol. The van der Waals surface area contributed by atoms with Gasteiger partial charge in [0.25, 0.3) is 0 Å². The van der Waals surface area contributed by atoms with Crippen LogP contribution in [0.15, 0.2) is 24.3 Å². The maximum atomic E-state index is 11.8. The normalized spacial score (nSPS) is 18.5. The number of amides is 1. The van der Waals surface area contributed by atoms with E-state index in [-0.39, 0.29) is 12.0 Å². The first kappa shape index (κ1) is 13.5. The van der Waals surface area contributed by atoms with Crippen LogP contribution in [0.4, 0.5) is 0 Å². The molecule has 1 saturated heterocycles. The van der Waals surface area contributed by atoms with Gasteiger partial charge in [-0.25, -0.2) is 4.98 Å². The molecule has 0 radical (unpaired) electrons. The average Bonchev–Trinajstić information content (AvgIpc) is 3.11. The van der Waals surface area contributed by atoms with Crippen LogP contribution in [-0.4, -0.2) is 23.6 Å². The van der Waals surface area contributed by atoms with Crippen molar-refractivity contribution in [3.05, 3.63) is 29.3 Å². The summed E-state index contributed by atoms with van der Waals surface area (Å²) < 4.78 is 6.68. The fraction of sp³-hybridized carbons (Fsp3) is 0.467. The van der Waals surface area contributed by atoms with Gasteiger partial charge in [0.2, 0.25) is 5.91 Å². The number of rotatable bonds is 5. The van der Waals surface area contributed by atoms with E-state index in [0.29, 0.717) is 13.0 Å². The molecule has 1 aliphatic heterocycles. The van der Waals surface area contributed by atoms with E-state index < -0.39 is 0 Å². The van der Waals surface area contributed by atoms with Gasteiger partial charge in [-0.1, -0.05) is 12.1 Å². The topological polar surface area (TPSA) is 51.2 Å². The van der Waals surface area contributed by atoms with Crippen LogP contribution in [0.25, 0.3) is 10.2 Å². The van der Waals surface area contributed by atoms with E-state index in [1.54, 1.807) is 11.3 Å². The number of nitrogens with zero attached hydrogens (tertiary/aromatic N) is 1. The van der Waals surface area contributed by atoms with Crippen molar-refractivity contribution in [3.8, 4) is 0 Å². The summed E-state index contributed by atoms with van der Waals surface area (Å²) in [5, 5.41) is 3.89. The highest BCUT2D eigenvalue weighted by Gasteiger charge is 2.16. The molecule has 2 heterocycles. The van der Waals surface area contributed by atoms with Crippen LogP contribution in [0.2, 0.25) is 0 Å². The molecular weight excluding hydrogens is 272 g/mol. The van der Waals surface area contributed by atoms with Crippen molar-refractivity contribution in [1.29, 1.82) is 0 Å². The first-order chi connectivity index (χ1) is 9.81. The molecule has 1 aromatic heterocycles. The number of thiazole rings is 1. The maximum absolute atomic E-state index is 11.8. The number of para-hydroxylation sites is 1. The number of ether oxygens (including phenoxy) is 1. The minimum Gasteiger partial charge on any atom is -0.378 e. The molecule has 3 rings (SSSR count). The first-order valence-electron chi connectivity index (χ1n) is 7.04. The number of benzene rings is 1. The summed E-state index contributed by atoms with van der Waals surface area (Å²) in [4.78, 5) is 16.3. The van der Waals surface area contributed by atoms with Crippen molar-refractivity contribution in [2.24, 2.45) is 0 Å². The molecule has 0 bridgehead atoms. The number of hydrogen-bond donors (Lipinski definition) is 1. The van der Waals surface area contributed by atoms with Crippen LogP contribution in [0.5, 0.6) is 0 Å². The molecule has 1 N–H and O–H groups in total. The number of carbonyl (C=O) groups is 1. The standard InChI is InChI=1S/C15H18N2O2S/c18-14(8-7-11-4-3-9-19-11)16-10-15-17-12-5-1-2-6-13(12)20-15/h1-2,5-6,11H,3-4,7-10H2,(H,16,18)/t11-/m0/s1. The van der Waals surface area contributed by atoms with Crippen LogP contribution in [0, 0.1) is 0 Å². The lowest BCUT2D eigenvalue weighted by molar-refractivity contribution is -0.121. The highest BCUT2D eigenvalue weighted by molar-refractivity contribution is 7.18. The van der Waals surface area contributed by atoms with Crippen LogP contribution < -0.4 is 5.32 Å². The predicted molar refractivity (Wildman–Crippen MR) is 79.7 cm³/mol. The second kappa shape index (κ2) is 6.33. The average molecular weight is 290 g/mol. The van der Waals surface area contributed by atoms with E-state index in [1.807, 2.05) is 18.2 Å². The van der Waals surface area contributed by atoms with E-state index in [0.717, 1.165) is 41.1 Å². The molecule has 0 unspecified atom stereocenters. The molecule has 20 heavy (non-hydrogen) atoms. The fourth-order valence-electron chi connectivity index (χ4n) is 2.42. The van der Waals surface area contributed by atoms with Crippen molar-refractivity contribution in [3.63, 3.8) is 0 Å². The number of fused-ring (bicyclic) bond motifs is 1. The molecule has 1 amide bonds. The third kappa shape index (κ3) is 3.35. The minimum absolute atomic E-state index is 0.0831. The second-order valence-electron chi connectivity index (χ2n) is 5.03. The summed E-state index contributed by atoms with van der Waals surface area (Å²) in [6, 6.07) is 8.03. The van der Waals surface area contributed by atoms with Gasteiger partial charge in [-0.15, -0.1) is 11.3 Å². The first-order valence-corrected chi connectivity index (χ1v) is 7.85. The largest absolute Gasteiger partial charge is 0.378 e. The molecule has 2 aromatic rings. The summed E-state index contributed by atoms with van der Waals surface area (Å²) in [5.74, 6) is 0.0831. The molecule has 1 fully saturated rings. The lowest BCUT2D eigenvalue weighted by Gasteiger charge is -2.08. The van der Waals surface area contributed by atoms with Gasteiger partial charge in [0.15, 0.2) is 0 Å². The lowest BCUT2D eigenvalue weighted by atomic mass is 10.1. The molecular formula is C15H18N2O2S. The van der Waals surface area contributed by atoms with E-state index in [9.17, 15) is 4.79 Å². The molecule has 0 aliphatic carbocycles. The van der Waals surface area contributed by atoms with Gasteiger partial charge in [-0.2, -0.15) is 0 Å². The summed E-state index contributed by atoms with van der Waals surface area (Å²) in [6.07, 6.45) is 3.85. The number of nitrogens with one attached hydrogen (secondary N) is 1. The molecule has 0 spiro atoms. The SMILES string of the molecule is O=C(CC[C@@H]1CCCO1)NCc1nc2ccccc2s1. The van der Waals surface area contributed by atoms with Crippen molar-refractivity contribution in [2.45, 2.75) is 38.3 Å². The Bertz CT molecular complexity index is 557. The smallest absolute Gasteiger partial charge is 0.220 e. The highest BCUT2D eigenvalue weighted by Crippen LogP contribution is 2.21. The van der Waals surface area contributed by atoms with Crippen LogP contribution in [0.1, 0.15) is 30.7 Å². The van der Waals surface area contributed by atoms with Gasteiger partial charge in [-0.05, 0) is 31.4 Å². The van der Waals surface area contributed by atoms with Gasteiger partial charge in [0, 0.05) is 13.0 Å². The van der Waals surface area contributed by atoms with Crippen LogP contribution in [-0.2, 0) is 16.1 Å². The summed E-state index contributed by atoms with van der Waals surface area (Å²) in [5.41, 5.74) is 1.00. The Hall–Kier alpha value is -1.46. The predicted octanol–water partition coefficient (Wildman–Crippen LogP) is 2.87. The Morgan fingerprint density at radius 1 is 1.45 bits per heavy atom. The molecule has 0 saturated carbocycles. The van der Waals surface area contributed by atoms with Gasteiger partial charge in [0.05, 0.1) is 22.9 Å². The van der Waals surface area contributed by atoms with E-state index in [4.69, 9.17) is 4.74 Å². The van der Waals surface area contributed by atoms with Crippen LogP contribution in [0.3, 0.4) is 0 Å². The molecule has 1 aromatic carbocycles.